The molecule has 7 heteroatoms. The third-order valence-corrected chi connectivity index (χ3v) is 6.87. The number of carbonyl (C=O) groups is 1. The van der Waals surface area contributed by atoms with Gasteiger partial charge in [0, 0.05) is 32.3 Å². The first-order chi connectivity index (χ1) is 14.3. The standard InChI is InChI=1S/C23H34N4O3/c1-15(2)21-13-25(8-9-26(21)22(28)29-5)27-12-18(16-6-7-16)19-14-30-23(3,4)10-17(19)20(27)11-24/h12,15-16,20-21H,6-10,13-14H2,1-5H3/t20-,21?/m0/s1. The molecule has 0 aromatic heterocycles. The van der Waals surface area contributed by atoms with Gasteiger partial charge in [-0.15, -0.1) is 0 Å². The van der Waals surface area contributed by atoms with E-state index >= 15 is 0 Å². The van der Waals surface area contributed by atoms with E-state index in [1.165, 1.54) is 36.7 Å². The summed E-state index contributed by atoms with van der Waals surface area (Å²) in [6, 6.07) is 2.31. The van der Waals surface area contributed by atoms with Crippen molar-refractivity contribution in [2.45, 2.75) is 64.6 Å². The second-order valence-corrected chi connectivity index (χ2v) is 9.89. The molecule has 4 aliphatic rings. The van der Waals surface area contributed by atoms with E-state index in [-0.39, 0.29) is 23.8 Å². The summed E-state index contributed by atoms with van der Waals surface area (Å²) in [7, 11) is 1.44. The van der Waals surface area contributed by atoms with E-state index in [1.54, 1.807) is 0 Å². The molecule has 0 aromatic rings. The van der Waals surface area contributed by atoms with E-state index in [9.17, 15) is 10.1 Å². The minimum absolute atomic E-state index is 0.0461. The Bertz CT molecular complexity index is 806. The van der Waals surface area contributed by atoms with Crippen LogP contribution in [0, 0.1) is 23.2 Å². The molecule has 0 N–H and O–H groups in total. The number of nitriles is 1. The summed E-state index contributed by atoms with van der Waals surface area (Å²) in [5.41, 5.74) is 3.57. The summed E-state index contributed by atoms with van der Waals surface area (Å²) in [6.45, 7) is 11.1. The van der Waals surface area contributed by atoms with Crippen molar-refractivity contribution < 1.29 is 14.3 Å². The number of nitrogens with zero attached hydrogens (tertiary/aromatic N) is 4. The molecule has 30 heavy (non-hydrogen) atoms. The van der Waals surface area contributed by atoms with Crippen LogP contribution in [0.5, 0.6) is 0 Å². The molecule has 1 amide bonds. The van der Waals surface area contributed by atoms with Gasteiger partial charge in [0.15, 0.2) is 6.04 Å². The summed E-state index contributed by atoms with van der Waals surface area (Å²) in [5.74, 6) is 0.875. The number of hydrogen-bond acceptors (Lipinski definition) is 6. The first-order valence-electron chi connectivity index (χ1n) is 11.1. The van der Waals surface area contributed by atoms with Gasteiger partial charge in [-0.1, -0.05) is 13.8 Å². The second-order valence-electron chi connectivity index (χ2n) is 9.89. The fourth-order valence-electron chi connectivity index (χ4n) is 5.01. The Morgan fingerprint density at radius 2 is 2.07 bits per heavy atom. The molecule has 0 bridgehead atoms. The highest BCUT2D eigenvalue weighted by atomic mass is 16.5. The van der Waals surface area contributed by atoms with Crippen LogP contribution in [0.1, 0.15) is 47.0 Å². The maximum Gasteiger partial charge on any atom is 0.409 e. The summed E-state index contributed by atoms with van der Waals surface area (Å²) in [4.78, 5) is 14.1. The number of amides is 1. The van der Waals surface area contributed by atoms with Gasteiger partial charge in [0.25, 0.3) is 0 Å². The van der Waals surface area contributed by atoms with E-state index in [1.807, 2.05) is 4.90 Å². The van der Waals surface area contributed by atoms with Crippen molar-refractivity contribution >= 4 is 6.09 Å². The number of hydrazine groups is 1. The van der Waals surface area contributed by atoms with Gasteiger partial charge in [-0.2, -0.15) is 5.26 Å². The van der Waals surface area contributed by atoms with Crippen molar-refractivity contribution in [3.8, 4) is 6.07 Å². The van der Waals surface area contributed by atoms with Crippen molar-refractivity contribution in [3.05, 3.63) is 22.9 Å². The van der Waals surface area contributed by atoms with Crippen LogP contribution in [-0.4, -0.2) is 72.0 Å². The molecule has 0 radical (unpaired) electrons. The first kappa shape index (κ1) is 21.2. The first-order valence-corrected chi connectivity index (χ1v) is 11.1. The molecule has 0 aromatic carbocycles. The minimum Gasteiger partial charge on any atom is -0.453 e. The number of ether oxygens (including phenoxy) is 2. The van der Waals surface area contributed by atoms with E-state index in [4.69, 9.17) is 9.47 Å². The molecule has 4 rings (SSSR count). The zero-order valence-corrected chi connectivity index (χ0v) is 18.9. The van der Waals surface area contributed by atoms with Gasteiger partial charge in [0.2, 0.25) is 0 Å². The van der Waals surface area contributed by atoms with Crippen molar-refractivity contribution in [1.29, 1.82) is 5.26 Å². The Hall–Kier alpha value is -2.04. The van der Waals surface area contributed by atoms with E-state index < -0.39 is 0 Å². The molecule has 2 fully saturated rings. The Balaban J connectivity index is 1.64. The zero-order chi connectivity index (χ0) is 21.6. The molecular weight excluding hydrogens is 380 g/mol. The molecule has 3 heterocycles. The largest absolute Gasteiger partial charge is 0.453 e. The van der Waals surface area contributed by atoms with Crippen LogP contribution in [0.15, 0.2) is 22.9 Å². The van der Waals surface area contributed by atoms with Gasteiger partial charge in [0.05, 0.1) is 31.4 Å². The smallest absolute Gasteiger partial charge is 0.409 e. The fourth-order valence-corrected chi connectivity index (χ4v) is 5.01. The molecule has 1 unspecified atom stereocenters. The quantitative estimate of drug-likeness (QED) is 0.706. The van der Waals surface area contributed by atoms with Crippen LogP contribution in [0.2, 0.25) is 0 Å². The Morgan fingerprint density at radius 1 is 1.33 bits per heavy atom. The normalized spacial score (nSPS) is 29.4. The topological polar surface area (TPSA) is 69.0 Å². The summed E-state index contributed by atoms with van der Waals surface area (Å²) in [6.07, 6.45) is 5.13. The molecule has 1 aliphatic carbocycles. The van der Waals surface area contributed by atoms with Crippen LogP contribution in [0.4, 0.5) is 4.79 Å². The lowest BCUT2D eigenvalue weighted by atomic mass is 9.82. The van der Waals surface area contributed by atoms with Crippen molar-refractivity contribution in [3.63, 3.8) is 0 Å². The number of hydrogen-bond donors (Lipinski definition) is 0. The van der Waals surface area contributed by atoms with Crippen LogP contribution in [0.25, 0.3) is 0 Å². The van der Waals surface area contributed by atoms with Gasteiger partial charge >= 0.3 is 6.09 Å². The van der Waals surface area contributed by atoms with Gasteiger partial charge < -0.3 is 14.4 Å². The molecule has 1 saturated carbocycles. The Morgan fingerprint density at radius 3 is 2.67 bits per heavy atom. The molecule has 7 nitrogen and oxygen atoms in total. The lowest BCUT2D eigenvalue weighted by Gasteiger charge is -2.50. The zero-order valence-electron chi connectivity index (χ0n) is 18.9. The van der Waals surface area contributed by atoms with Crippen LogP contribution in [-0.2, 0) is 9.47 Å². The average molecular weight is 415 g/mol. The molecule has 3 aliphatic heterocycles. The highest BCUT2D eigenvalue weighted by Crippen LogP contribution is 2.47. The predicted octanol–water partition coefficient (Wildman–Crippen LogP) is 3.31. The SMILES string of the molecule is COC(=O)N1CCN(N2C=C(C3CC3)C3=C(CC(C)(C)OC3)[C@@H]2C#N)CC1C(C)C. The van der Waals surface area contributed by atoms with Crippen LogP contribution in [0.3, 0.4) is 0 Å². The summed E-state index contributed by atoms with van der Waals surface area (Å²) < 4.78 is 11.1. The molecule has 1 saturated heterocycles. The number of methoxy groups -OCH3 is 1. The summed E-state index contributed by atoms with van der Waals surface area (Å²) in [5, 5.41) is 14.6. The highest BCUT2D eigenvalue weighted by molar-refractivity contribution is 5.68. The maximum atomic E-state index is 12.3. The third kappa shape index (κ3) is 3.83. The molecule has 164 valence electrons. The maximum absolute atomic E-state index is 12.3. The second kappa shape index (κ2) is 7.90. The average Bonchev–Trinajstić information content (AvgIpc) is 3.56. The highest BCUT2D eigenvalue weighted by Gasteiger charge is 2.44. The van der Waals surface area contributed by atoms with Crippen molar-refractivity contribution in [1.82, 2.24) is 14.9 Å². The lowest BCUT2D eigenvalue weighted by Crippen LogP contribution is -2.62. The molecule has 2 atom stereocenters. The molecular formula is C23H34N4O3. The third-order valence-electron chi connectivity index (χ3n) is 6.87. The summed E-state index contributed by atoms with van der Waals surface area (Å²) >= 11 is 0. The van der Waals surface area contributed by atoms with Gasteiger partial charge in [-0.05, 0) is 55.2 Å². The Labute approximate surface area is 179 Å². The van der Waals surface area contributed by atoms with Gasteiger partial charge in [-0.3, -0.25) is 5.01 Å². The fraction of sp³-hybridized carbons (Fsp3) is 0.739. The van der Waals surface area contributed by atoms with E-state index in [2.05, 4.69) is 50.0 Å². The number of rotatable bonds is 3. The van der Waals surface area contributed by atoms with Gasteiger partial charge in [-0.25, -0.2) is 9.80 Å². The van der Waals surface area contributed by atoms with Crippen LogP contribution < -0.4 is 0 Å². The van der Waals surface area contributed by atoms with E-state index in [0.717, 1.165) is 6.42 Å². The number of carbonyl (C=O) groups excluding carboxylic acids is 1. The predicted molar refractivity (Wildman–Crippen MR) is 113 cm³/mol. The van der Waals surface area contributed by atoms with E-state index in [0.29, 0.717) is 38.1 Å². The van der Waals surface area contributed by atoms with Crippen molar-refractivity contribution in [2.75, 3.05) is 33.4 Å². The Kier molecular flexibility index (Phi) is 5.58. The number of piperazine rings is 1. The minimum atomic E-state index is -0.317. The van der Waals surface area contributed by atoms with Gasteiger partial charge in [0.1, 0.15) is 0 Å². The van der Waals surface area contributed by atoms with Crippen LogP contribution >= 0.6 is 0 Å². The monoisotopic (exact) mass is 414 g/mol. The lowest BCUT2D eigenvalue weighted by molar-refractivity contribution is -0.0677. The molecule has 0 spiro atoms. The van der Waals surface area contributed by atoms with Crippen molar-refractivity contribution in [2.24, 2.45) is 11.8 Å².